The zero-order valence-corrected chi connectivity index (χ0v) is 32.7. The molecule has 3 aromatic heterocycles. The molecule has 8 aromatic carbocycles. The molecule has 11 aromatic rings. The fourth-order valence-electron chi connectivity index (χ4n) is 9.73. The van der Waals surface area contributed by atoms with Gasteiger partial charge < -0.3 is 14.2 Å². The lowest BCUT2D eigenvalue weighted by Crippen LogP contribution is -2.61. The third-order valence-electron chi connectivity index (χ3n) is 12.2. The van der Waals surface area contributed by atoms with E-state index in [1.807, 2.05) is 0 Å². The number of fused-ring (bicyclic) bond motifs is 10. The number of thiophene rings is 2. The van der Waals surface area contributed by atoms with Crippen molar-refractivity contribution in [3.05, 3.63) is 187 Å². The molecule has 0 N–H and O–H groups in total. The lowest BCUT2D eigenvalue weighted by molar-refractivity contribution is 0.671. The minimum absolute atomic E-state index is 0.0783. The molecule has 2 aliphatic rings. The molecule has 0 fully saturated rings. The predicted molar refractivity (Wildman–Crippen MR) is 249 cm³/mol. The second-order valence-electron chi connectivity index (χ2n) is 15.2. The number of nitrogens with zero attached hydrogens (tertiary/aromatic N) is 2. The van der Waals surface area contributed by atoms with Gasteiger partial charge in [-0.3, -0.25) is 0 Å². The van der Waals surface area contributed by atoms with Crippen LogP contribution in [0.2, 0.25) is 0 Å². The highest BCUT2D eigenvalue weighted by atomic mass is 32.1. The molecule has 0 aliphatic carbocycles. The van der Waals surface area contributed by atoms with E-state index in [-0.39, 0.29) is 6.71 Å². The summed E-state index contributed by atoms with van der Waals surface area (Å²) in [5.74, 6) is 0. The summed E-state index contributed by atoms with van der Waals surface area (Å²) in [4.78, 5) is 5.07. The van der Waals surface area contributed by atoms with Gasteiger partial charge in [-0.2, -0.15) is 0 Å². The number of anilines is 6. The van der Waals surface area contributed by atoms with Gasteiger partial charge in [-0.1, -0.05) is 103 Å². The summed E-state index contributed by atoms with van der Waals surface area (Å²) in [6.07, 6.45) is 0. The standard InChI is InChI=1S/C52H31BN2OS2/c1-3-12-32(13-4-1)38-28-34-24-26-57-48(34)30-45(38)54-41-18-9-8-17-40(41)53-50-42(54)19-11-20-43(50)55(44-23-22-37-36-16-7-10-21-47(36)56-52(37)51(44)53)46-31-49-35(25-27-58-49)29-39(46)33-14-5-2-6-15-33/h1-31H. The molecule has 5 heterocycles. The van der Waals surface area contributed by atoms with Gasteiger partial charge in [-0.15, -0.1) is 22.7 Å². The zero-order chi connectivity index (χ0) is 37.9. The van der Waals surface area contributed by atoms with Crippen LogP contribution in [-0.2, 0) is 0 Å². The summed E-state index contributed by atoms with van der Waals surface area (Å²) in [5.41, 5.74) is 17.4. The van der Waals surface area contributed by atoms with Crippen LogP contribution in [0, 0.1) is 0 Å². The van der Waals surface area contributed by atoms with Gasteiger partial charge in [0.15, 0.2) is 0 Å². The number of para-hydroxylation sites is 2. The minimum atomic E-state index is -0.0783. The molecule has 13 rings (SSSR count). The van der Waals surface area contributed by atoms with Crippen LogP contribution in [0.1, 0.15) is 0 Å². The number of rotatable bonds is 4. The predicted octanol–water partition coefficient (Wildman–Crippen LogP) is 13.4. The SMILES string of the molecule is c1ccc(-c2cc3ccsc3cc2N2c3ccccc3B3c4c2cccc4N(c2cc4sccc4cc2-c2ccccc2)c2ccc4c(oc5ccccc54)c23)cc1. The number of hydrogen-bond donors (Lipinski definition) is 0. The van der Waals surface area contributed by atoms with E-state index in [0.717, 1.165) is 33.3 Å². The number of hydrogen-bond acceptors (Lipinski definition) is 5. The molecule has 0 unspecified atom stereocenters. The highest BCUT2D eigenvalue weighted by Crippen LogP contribution is 2.50. The van der Waals surface area contributed by atoms with E-state index in [1.54, 1.807) is 22.7 Å². The molecule has 0 saturated heterocycles. The molecule has 0 saturated carbocycles. The van der Waals surface area contributed by atoms with Crippen molar-refractivity contribution in [2.24, 2.45) is 0 Å². The Morgan fingerprint density at radius 2 is 0.966 bits per heavy atom. The lowest BCUT2D eigenvalue weighted by atomic mass is 9.33. The summed E-state index contributed by atoms with van der Waals surface area (Å²) < 4.78 is 9.56. The van der Waals surface area contributed by atoms with Gasteiger partial charge in [0, 0.05) is 54.0 Å². The van der Waals surface area contributed by atoms with Crippen molar-refractivity contribution >= 4 is 122 Å². The maximum Gasteiger partial charge on any atom is 0.257 e. The first-order chi connectivity index (χ1) is 28.8. The second kappa shape index (κ2) is 12.3. The Balaban J connectivity index is 1.17. The van der Waals surface area contributed by atoms with E-state index in [2.05, 4.69) is 196 Å². The third-order valence-corrected chi connectivity index (χ3v) is 14.0. The van der Waals surface area contributed by atoms with E-state index in [9.17, 15) is 0 Å². The number of benzene rings is 8. The average molecular weight is 775 g/mol. The van der Waals surface area contributed by atoms with Crippen molar-refractivity contribution in [1.82, 2.24) is 0 Å². The van der Waals surface area contributed by atoms with Crippen LogP contribution >= 0.6 is 22.7 Å². The highest BCUT2D eigenvalue weighted by molar-refractivity contribution is 7.17. The molecule has 0 radical (unpaired) electrons. The van der Waals surface area contributed by atoms with Gasteiger partial charge in [0.05, 0.1) is 11.4 Å². The monoisotopic (exact) mass is 774 g/mol. The Bertz CT molecular complexity index is 3420. The summed E-state index contributed by atoms with van der Waals surface area (Å²) >= 11 is 3.59. The minimum Gasteiger partial charge on any atom is -0.457 e. The maximum absolute atomic E-state index is 7.02. The van der Waals surface area contributed by atoms with Crippen LogP contribution in [-0.4, -0.2) is 6.71 Å². The van der Waals surface area contributed by atoms with Gasteiger partial charge in [-0.25, -0.2) is 0 Å². The lowest BCUT2D eigenvalue weighted by Gasteiger charge is -2.44. The van der Waals surface area contributed by atoms with Crippen molar-refractivity contribution in [2.45, 2.75) is 0 Å². The molecule has 2 aliphatic heterocycles. The first kappa shape index (κ1) is 32.3. The summed E-state index contributed by atoms with van der Waals surface area (Å²) in [6, 6.07) is 64.8. The van der Waals surface area contributed by atoms with Gasteiger partial charge in [0.2, 0.25) is 0 Å². The molecule has 3 nitrogen and oxygen atoms in total. The van der Waals surface area contributed by atoms with E-state index < -0.39 is 0 Å². The van der Waals surface area contributed by atoms with Crippen LogP contribution in [0.3, 0.4) is 0 Å². The first-order valence-electron chi connectivity index (χ1n) is 19.7. The van der Waals surface area contributed by atoms with Gasteiger partial charge in [0.25, 0.3) is 6.71 Å². The normalized spacial score (nSPS) is 13.1. The van der Waals surface area contributed by atoms with Gasteiger partial charge in [-0.05, 0) is 122 Å². The fraction of sp³-hybridized carbons (Fsp3) is 0. The van der Waals surface area contributed by atoms with E-state index in [1.165, 1.54) is 81.6 Å². The molecule has 0 bridgehead atoms. The first-order valence-corrected chi connectivity index (χ1v) is 21.4. The van der Waals surface area contributed by atoms with Crippen LogP contribution in [0.4, 0.5) is 34.1 Å². The average Bonchev–Trinajstić information content (AvgIpc) is 4.04. The molecule has 0 spiro atoms. The molecule has 6 heteroatoms. The number of furan rings is 1. The van der Waals surface area contributed by atoms with Gasteiger partial charge >= 0.3 is 0 Å². The smallest absolute Gasteiger partial charge is 0.257 e. The quantitative estimate of drug-likeness (QED) is 0.166. The Kier molecular flexibility index (Phi) is 6.85. The fourth-order valence-corrected chi connectivity index (χ4v) is 11.3. The highest BCUT2D eigenvalue weighted by Gasteiger charge is 2.45. The maximum atomic E-state index is 7.02. The van der Waals surface area contributed by atoms with Gasteiger partial charge in [0.1, 0.15) is 11.2 Å². The molecule has 58 heavy (non-hydrogen) atoms. The Morgan fingerprint density at radius 1 is 0.414 bits per heavy atom. The summed E-state index contributed by atoms with van der Waals surface area (Å²) in [5, 5.41) is 9.20. The zero-order valence-electron chi connectivity index (χ0n) is 31.1. The second-order valence-corrected chi connectivity index (χ2v) is 17.1. The van der Waals surface area contributed by atoms with Crippen LogP contribution in [0.5, 0.6) is 0 Å². The van der Waals surface area contributed by atoms with Crippen LogP contribution < -0.4 is 26.2 Å². The van der Waals surface area contributed by atoms with Crippen molar-refractivity contribution in [3.63, 3.8) is 0 Å². The molecule has 0 atom stereocenters. The van der Waals surface area contributed by atoms with Crippen molar-refractivity contribution in [2.75, 3.05) is 9.80 Å². The Hall–Kier alpha value is -6.86. The molecular formula is C52H31BN2OS2. The molecular weight excluding hydrogens is 744 g/mol. The van der Waals surface area contributed by atoms with Crippen molar-refractivity contribution < 1.29 is 4.42 Å². The summed E-state index contributed by atoms with van der Waals surface area (Å²) in [6.45, 7) is -0.0783. The Labute approximate surface area is 343 Å². The van der Waals surface area contributed by atoms with Crippen molar-refractivity contribution in [1.29, 1.82) is 0 Å². The Morgan fingerprint density at radius 3 is 1.64 bits per heavy atom. The van der Waals surface area contributed by atoms with Crippen LogP contribution in [0.15, 0.2) is 191 Å². The van der Waals surface area contributed by atoms with E-state index in [0.29, 0.717) is 0 Å². The molecule has 0 amide bonds. The van der Waals surface area contributed by atoms with E-state index in [4.69, 9.17) is 4.42 Å². The van der Waals surface area contributed by atoms with E-state index >= 15 is 0 Å². The largest absolute Gasteiger partial charge is 0.457 e. The van der Waals surface area contributed by atoms with Crippen molar-refractivity contribution in [3.8, 4) is 22.3 Å². The third kappa shape index (κ3) is 4.55. The van der Waals surface area contributed by atoms with Crippen LogP contribution in [0.25, 0.3) is 64.4 Å². The topological polar surface area (TPSA) is 19.6 Å². The molecule has 270 valence electrons. The summed E-state index contributed by atoms with van der Waals surface area (Å²) in [7, 11) is 0.